The molecule has 1 N–H and O–H groups in total. The van der Waals surface area contributed by atoms with Crippen LogP contribution in [0.4, 0.5) is 5.82 Å². The normalized spacial score (nSPS) is 13.8. The first-order chi connectivity index (χ1) is 9.81. The summed E-state index contributed by atoms with van der Waals surface area (Å²) >= 11 is 0. The summed E-state index contributed by atoms with van der Waals surface area (Å²) in [6.07, 6.45) is 3.68. The topological polar surface area (TPSA) is 85.8 Å². The molecule has 102 valence electrons. The highest BCUT2D eigenvalue weighted by molar-refractivity contribution is 5.44. The van der Waals surface area contributed by atoms with Crippen molar-refractivity contribution < 1.29 is 0 Å². The highest BCUT2D eigenvalue weighted by Crippen LogP contribution is 2.16. The van der Waals surface area contributed by atoms with E-state index in [9.17, 15) is 0 Å². The van der Waals surface area contributed by atoms with Gasteiger partial charge in [0.1, 0.15) is 18.0 Å². The van der Waals surface area contributed by atoms with Gasteiger partial charge in [-0.3, -0.25) is 0 Å². The molecule has 0 aliphatic carbocycles. The van der Waals surface area contributed by atoms with Gasteiger partial charge in [0.05, 0.1) is 6.54 Å². The third-order valence-corrected chi connectivity index (χ3v) is 3.49. The molecule has 4 heterocycles. The zero-order valence-electron chi connectivity index (χ0n) is 11.1. The maximum Gasteiger partial charge on any atom is 0.254 e. The van der Waals surface area contributed by atoms with Gasteiger partial charge >= 0.3 is 0 Å². The van der Waals surface area contributed by atoms with Crippen molar-refractivity contribution in [1.82, 2.24) is 34.3 Å². The Bertz CT molecular complexity index is 771. The molecule has 0 aromatic carbocycles. The van der Waals surface area contributed by atoms with E-state index in [2.05, 4.69) is 35.1 Å². The van der Waals surface area contributed by atoms with E-state index < -0.39 is 0 Å². The van der Waals surface area contributed by atoms with Crippen LogP contribution in [0.2, 0.25) is 0 Å². The van der Waals surface area contributed by atoms with E-state index in [4.69, 9.17) is 0 Å². The van der Waals surface area contributed by atoms with Crippen LogP contribution in [-0.2, 0) is 19.5 Å². The minimum atomic E-state index is 0.596. The van der Waals surface area contributed by atoms with Gasteiger partial charge in [0, 0.05) is 24.7 Å². The summed E-state index contributed by atoms with van der Waals surface area (Å²) in [6, 6.07) is 1.95. The molecule has 8 nitrogen and oxygen atoms in total. The predicted octanol–water partition coefficient (Wildman–Crippen LogP) is 0.583. The smallest absolute Gasteiger partial charge is 0.254 e. The van der Waals surface area contributed by atoms with E-state index in [0.717, 1.165) is 42.5 Å². The molecule has 0 saturated heterocycles. The molecule has 0 unspecified atom stereocenters. The van der Waals surface area contributed by atoms with Gasteiger partial charge in [-0.15, -0.1) is 10.2 Å². The number of rotatable bonds is 3. The number of hydrogen-bond donors (Lipinski definition) is 1. The van der Waals surface area contributed by atoms with Crippen LogP contribution in [0.15, 0.2) is 12.4 Å². The van der Waals surface area contributed by atoms with Gasteiger partial charge in [0.2, 0.25) is 0 Å². The van der Waals surface area contributed by atoms with E-state index >= 15 is 0 Å². The van der Waals surface area contributed by atoms with Crippen molar-refractivity contribution in [1.29, 1.82) is 0 Å². The molecule has 0 amide bonds. The Morgan fingerprint density at radius 1 is 1.35 bits per heavy atom. The number of nitrogens with zero attached hydrogens (tertiary/aromatic N) is 7. The van der Waals surface area contributed by atoms with Gasteiger partial charge in [-0.1, -0.05) is 0 Å². The number of hydrogen-bond acceptors (Lipinski definition) is 6. The van der Waals surface area contributed by atoms with Crippen molar-refractivity contribution in [3.63, 3.8) is 0 Å². The average molecular weight is 270 g/mol. The maximum atomic E-state index is 4.32. The molecular formula is C12H14N8. The summed E-state index contributed by atoms with van der Waals surface area (Å²) in [6.45, 7) is 3.56. The Labute approximate surface area is 114 Å². The van der Waals surface area contributed by atoms with Crippen LogP contribution < -0.4 is 5.32 Å². The summed E-state index contributed by atoms with van der Waals surface area (Å²) in [5.41, 5.74) is 0.902. The predicted molar refractivity (Wildman–Crippen MR) is 71.2 cm³/mol. The molecule has 0 radical (unpaired) electrons. The third kappa shape index (κ3) is 1.72. The van der Waals surface area contributed by atoms with Crippen LogP contribution in [0.25, 0.3) is 5.78 Å². The highest BCUT2D eigenvalue weighted by Gasteiger charge is 2.17. The third-order valence-electron chi connectivity index (χ3n) is 3.49. The number of aromatic nitrogens is 7. The van der Waals surface area contributed by atoms with E-state index in [1.165, 1.54) is 6.33 Å². The molecule has 1 aliphatic heterocycles. The molecule has 1 aliphatic rings. The van der Waals surface area contributed by atoms with Crippen LogP contribution in [0.5, 0.6) is 0 Å². The van der Waals surface area contributed by atoms with Crippen molar-refractivity contribution in [3.8, 4) is 0 Å². The average Bonchev–Trinajstić information content (AvgIpc) is 3.12. The minimum absolute atomic E-state index is 0.596. The lowest BCUT2D eigenvalue weighted by atomic mass is 10.4. The van der Waals surface area contributed by atoms with Gasteiger partial charge in [0.15, 0.2) is 5.82 Å². The molecule has 0 spiro atoms. The summed E-state index contributed by atoms with van der Waals surface area (Å²) < 4.78 is 3.87. The number of fused-ring (bicyclic) bond motifs is 2. The maximum absolute atomic E-state index is 4.32. The summed E-state index contributed by atoms with van der Waals surface area (Å²) in [7, 11) is 0. The van der Waals surface area contributed by atoms with Gasteiger partial charge in [0.25, 0.3) is 5.78 Å². The minimum Gasteiger partial charge on any atom is -0.363 e. The second kappa shape index (κ2) is 4.26. The Hall–Kier alpha value is -2.51. The van der Waals surface area contributed by atoms with Crippen molar-refractivity contribution in [3.05, 3.63) is 29.7 Å². The molecule has 4 rings (SSSR count). The number of nitrogens with one attached hydrogen (secondary N) is 1. The van der Waals surface area contributed by atoms with Crippen molar-refractivity contribution >= 4 is 11.6 Å². The van der Waals surface area contributed by atoms with Crippen molar-refractivity contribution in [2.75, 3.05) is 5.32 Å². The molecule has 0 saturated carbocycles. The van der Waals surface area contributed by atoms with Gasteiger partial charge in [-0.25, -0.2) is 4.98 Å². The Balaban J connectivity index is 1.63. The first-order valence-corrected chi connectivity index (χ1v) is 6.63. The summed E-state index contributed by atoms with van der Waals surface area (Å²) in [5, 5.41) is 16.0. The van der Waals surface area contributed by atoms with E-state index in [1.807, 2.05) is 13.0 Å². The SMILES string of the molecule is Cc1cc(NCc2nnc3n2CCC3)n2ncnc2n1. The Morgan fingerprint density at radius 2 is 2.30 bits per heavy atom. The lowest BCUT2D eigenvalue weighted by Crippen LogP contribution is -2.11. The molecule has 0 atom stereocenters. The molecule has 8 heteroatoms. The van der Waals surface area contributed by atoms with Crippen LogP contribution in [0.3, 0.4) is 0 Å². The molecule has 3 aromatic rings. The van der Waals surface area contributed by atoms with E-state index in [0.29, 0.717) is 12.3 Å². The Morgan fingerprint density at radius 3 is 3.25 bits per heavy atom. The monoisotopic (exact) mass is 270 g/mol. The quantitative estimate of drug-likeness (QED) is 0.749. The second-order valence-electron chi connectivity index (χ2n) is 4.90. The fourth-order valence-corrected chi connectivity index (χ4v) is 2.57. The van der Waals surface area contributed by atoms with Gasteiger partial charge < -0.3 is 9.88 Å². The molecule has 20 heavy (non-hydrogen) atoms. The lowest BCUT2D eigenvalue weighted by molar-refractivity contribution is 0.694. The largest absolute Gasteiger partial charge is 0.363 e. The molecular weight excluding hydrogens is 256 g/mol. The molecule has 3 aromatic heterocycles. The first-order valence-electron chi connectivity index (χ1n) is 6.63. The summed E-state index contributed by atoms with van der Waals surface area (Å²) in [5.74, 6) is 3.50. The van der Waals surface area contributed by atoms with Gasteiger partial charge in [-0.05, 0) is 13.3 Å². The van der Waals surface area contributed by atoms with Crippen molar-refractivity contribution in [2.24, 2.45) is 0 Å². The zero-order valence-corrected chi connectivity index (χ0v) is 11.1. The van der Waals surface area contributed by atoms with E-state index in [1.54, 1.807) is 4.52 Å². The fourth-order valence-electron chi connectivity index (χ4n) is 2.57. The zero-order chi connectivity index (χ0) is 13.5. The van der Waals surface area contributed by atoms with Crippen LogP contribution in [0, 0.1) is 6.92 Å². The standard InChI is InChI=1S/C12H14N8/c1-8-5-10(20-12(16-8)14-7-15-20)13-6-11-18-17-9-3-2-4-19(9)11/h5,7,13H,2-4,6H2,1H3. The second-order valence-corrected chi connectivity index (χ2v) is 4.90. The van der Waals surface area contributed by atoms with Crippen LogP contribution in [0.1, 0.15) is 23.8 Å². The van der Waals surface area contributed by atoms with E-state index in [-0.39, 0.29) is 0 Å². The van der Waals surface area contributed by atoms with Crippen LogP contribution in [-0.4, -0.2) is 34.3 Å². The fraction of sp³-hybridized carbons (Fsp3) is 0.417. The molecule has 0 bridgehead atoms. The highest BCUT2D eigenvalue weighted by atomic mass is 15.4. The first kappa shape index (κ1) is 11.3. The summed E-state index contributed by atoms with van der Waals surface area (Å²) in [4.78, 5) is 8.43. The van der Waals surface area contributed by atoms with Gasteiger partial charge in [-0.2, -0.15) is 14.6 Å². The molecule has 0 fully saturated rings. The lowest BCUT2D eigenvalue weighted by Gasteiger charge is -2.08. The van der Waals surface area contributed by atoms with Crippen molar-refractivity contribution in [2.45, 2.75) is 32.9 Å². The number of anilines is 1. The number of aryl methyl sites for hydroxylation is 2. The Kier molecular flexibility index (Phi) is 2.41. The van der Waals surface area contributed by atoms with Crippen LogP contribution >= 0.6 is 0 Å².